The summed E-state index contributed by atoms with van der Waals surface area (Å²) in [6, 6.07) is 3.42. The molecule has 1 saturated heterocycles. The predicted molar refractivity (Wildman–Crippen MR) is 84.6 cm³/mol. The molecule has 1 aliphatic rings. The lowest BCUT2D eigenvalue weighted by atomic mass is 10.1. The molecule has 0 unspecified atom stereocenters. The molecule has 0 saturated carbocycles. The maximum atomic E-state index is 13.5. The largest absolute Gasteiger partial charge is 0.450 e. The number of rotatable bonds is 5. The van der Waals surface area contributed by atoms with Gasteiger partial charge in [0.15, 0.2) is 0 Å². The first-order valence-electron chi connectivity index (χ1n) is 7.90. The van der Waals surface area contributed by atoms with Gasteiger partial charge >= 0.3 is 6.09 Å². The molecule has 1 aliphatic heterocycles. The SMILES string of the molecule is CCOC(=O)N1CCC(NC(=O)CNc2c(F)cccc2F)CC1. The molecule has 0 radical (unpaired) electrons. The van der Waals surface area contributed by atoms with Gasteiger partial charge in [0, 0.05) is 19.1 Å². The number of benzene rings is 1. The highest BCUT2D eigenvalue weighted by molar-refractivity contribution is 5.81. The monoisotopic (exact) mass is 341 g/mol. The average molecular weight is 341 g/mol. The van der Waals surface area contributed by atoms with Crippen molar-refractivity contribution in [3.8, 4) is 0 Å². The van der Waals surface area contributed by atoms with E-state index in [9.17, 15) is 18.4 Å². The number of carbonyl (C=O) groups excluding carboxylic acids is 2. The summed E-state index contributed by atoms with van der Waals surface area (Å²) in [6.45, 7) is 2.85. The minimum Gasteiger partial charge on any atom is -0.450 e. The second kappa shape index (κ2) is 8.47. The van der Waals surface area contributed by atoms with E-state index in [2.05, 4.69) is 10.6 Å². The maximum Gasteiger partial charge on any atom is 0.409 e. The third-order valence-corrected chi connectivity index (χ3v) is 3.77. The lowest BCUT2D eigenvalue weighted by Crippen LogP contribution is -2.47. The molecule has 2 N–H and O–H groups in total. The van der Waals surface area contributed by atoms with Crippen LogP contribution >= 0.6 is 0 Å². The molecule has 132 valence electrons. The van der Waals surface area contributed by atoms with Crippen LogP contribution in [0.3, 0.4) is 0 Å². The number of hydrogen-bond donors (Lipinski definition) is 2. The van der Waals surface area contributed by atoms with Gasteiger partial charge in [0.05, 0.1) is 13.2 Å². The Hall–Kier alpha value is -2.38. The van der Waals surface area contributed by atoms with Crippen LogP contribution in [0.4, 0.5) is 19.3 Å². The zero-order chi connectivity index (χ0) is 17.5. The third-order valence-electron chi connectivity index (χ3n) is 3.77. The van der Waals surface area contributed by atoms with Crippen LogP contribution in [0.5, 0.6) is 0 Å². The van der Waals surface area contributed by atoms with Crippen LogP contribution in [0.15, 0.2) is 18.2 Å². The number of piperidine rings is 1. The van der Waals surface area contributed by atoms with Gasteiger partial charge in [0.2, 0.25) is 5.91 Å². The number of hydrogen-bond acceptors (Lipinski definition) is 4. The minimum atomic E-state index is -0.745. The van der Waals surface area contributed by atoms with Crippen LogP contribution in [-0.2, 0) is 9.53 Å². The van der Waals surface area contributed by atoms with E-state index in [4.69, 9.17) is 4.74 Å². The predicted octanol–water partition coefficient (Wildman–Crippen LogP) is 2.11. The summed E-state index contributed by atoms with van der Waals surface area (Å²) in [4.78, 5) is 25.1. The molecule has 24 heavy (non-hydrogen) atoms. The van der Waals surface area contributed by atoms with Crippen molar-refractivity contribution >= 4 is 17.7 Å². The topological polar surface area (TPSA) is 70.7 Å². The van der Waals surface area contributed by atoms with E-state index in [0.717, 1.165) is 12.1 Å². The summed E-state index contributed by atoms with van der Waals surface area (Å²) in [7, 11) is 0. The fourth-order valence-electron chi connectivity index (χ4n) is 2.54. The molecule has 0 aliphatic carbocycles. The number of halogens is 2. The fourth-order valence-corrected chi connectivity index (χ4v) is 2.54. The molecule has 1 fully saturated rings. The highest BCUT2D eigenvalue weighted by Gasteiger charge is 2.24. The molecule has 1 aromatic carbocycles. The van der Waals surface area contributed by atoms with Gasteiger partial charge in [-0.1, -0.05) is 6.07 Å². The quantitative estimate of drug-likeness (QED) is 0.861. The molecule has 0 bridgehead atoms. The van der Waals surface area contributed by atoms with E-state index in [1.807, 2.05) is 0 Å². The first-order valence-corrected chi connectivity index (χ1v) is 7.90. The normalized spacial score (nSPS) is 15.0. The van der Waals surface area contributed by atoms with Crippen molar-refractivity contribution in [2.75, 3.05) is 31.6 Å². The Kier molecular flexibility index (Phi) is 6.34. The number of nitrogens with one attached hydrogen (secondary N) is 2. The van der Waals surface area contributed by atoms with Gasteiger partial charge in [-0.25, -0.2) is 13.6 Å². The smallest absolute Gasteiger partial charge is 0.409 e. The first-order chi connectivity index (χ1) is 11.5. The van der Waals surface area contributed by atoms with Crippen LogP contribution in [0.1, 0.15) is 19.8 Å². The average Bonchev–Trinajstić information content (AvgIpc) is 2.55. The number of carbonyl (C=O) groups is 2. The lowest BCUT2D eigenvalue weighted by Gasteiger charge is -2.31. The van der Waals surface area contributed by atoms with Crippen molar-refractivity contribution in [2.45, 2.75) is 25.8 Å². The van der Waals surface area contributed by atoms with E-state index in [0.29, 0.717) is 32.5 Å². The summed E-state index contributed by atoms with van der Waals surface area (Å²) in [5.41, 5.74) is -0.315. The molecule has 0 spiro atoms. The van der Waals surface area contributed by atoms with Crippen molar-refractivity contribution in [1.29, 1.82) is 0 Å². The number of amides is 2. The number of anilines is 1. The molecule has 1 heterocycles. The van der Waals surface area contributed by atoms with Crippen molar-refractivity contribution in [3.05, 3.63) is 29.8 Å². The zero-order valence-corrected chi connectivity index (χ0v) is 13.5. The Morgan fingerprint density at radius 3 is 2.46 bits per heavy atom. The van der Waals surface area contributed by atoms with Gasteiger partial charge in [-0.2, -0.15) is 0 Å². The van der Waals surface area contributed by atoms with E-state index >= 15 is 0 Å². The van der Waals surface area contributed by atoms with Crippen LogP contribution in [0.2, 0.25) is 0 Å². The standard InChI is InChI=1S/C16H21F2N3O3/c1-2-24-16(23)21-8-6-11(7-9-21)20-14(22)10-19-15-12(17)4-3-5-13(15)18/h3-5,11,19H,2,6-10H2,1H3,(H,20,22). The van der Waals surface area contributed by atoms with Gasteiger partial charge in [-0.15, -0.1) is 0 Å². The van der Waals surface area contributed by atoms with E-state index in [1.165, 1.54) is 6.07 Å². The molecule has 6 nitrogen and oxygen atoms in total. The van der Waals surface area contributed by atoms with Gasteiger partial charge in [0.25, 0.3) is 0 Å². The highest BCUT2D eigenvalue weighted by atomic mass is 19.1. The molecule has 8 heteroatoms. The van der Waals surface area contributed by atoms with Crippen molar-refractivity contribution in [3.63, 3.8) is 0 Å². The van der Waals surface area contributed by atoms with Crippen LogP contribution in [-0.4, -0.2) is 49.2 Å². The molecular formula is C16H21F2N3O3. The molecule has 2 amide bonds. The summed E-state index contributed by atoms with van der Waals surface area (Å²) in [6.07, 6.45) is 0.871. The van der Waals surface area contributed by atoms with E-state index < -0.39 is 11.6 Å². The number of para-hydroxylation sites is 1. The molecule has 2 rings (SSSR count). The Morgan fingerprint density at radius 1 is 1.25 bits per heavy atom. The number of likely N-dealkylation sites (tertiary alicyclic amines) is 1. The maximum absolute atomic E-state index is 13.5. The Bertz CT molecular complexity index is 570. The molecule has 1 aromatic rings. The van der Waals surface area contributed by atoms with Crippen molar-refractivity contribution in [2.24, 2.45) is 0 Å². The lowest BCUT2D eigenvalue weighted by molar-refractivity contribution is -0.120. The fraction of sp³-hybridized carbons (Fsp3) is 0.500. The summed E-state index contributed by atoms with van der Waals surface area (Å²) in [5, 5.41) is 5.26. The molecule has 0 aromatic heterocycles. The molecular weight excluding hydrogens is 320 g/mol. The summed E-state index contributed by atoms with van der Waals surface area (Å²) < 4.78 is 31.8. The van der Waals surface area contributed by atoms with Crippen molar-refractivity contribution in [1.82, 2.24) is 10.2 Å². The van der Waals surface area contributed by atoms with Gasteiger partial charge in [-0.05, 0) is 31.9 Å². The number of nitrogens with zero attached hydrogens (tertiary/aromatic N) is 1. The van der Waals surface area contributed by atoms with Crippen LogP contribution in [0, 0.1) is 11.6 Å². The Balaban J connectivity index is 1.75. The van der Waals surface area contributed by atoms with Crippen molar-refractivity contribution < 1.29 is 23.1 Å². The van der Waals surface area contributed by atoms with E-state index in [-0.39, 0.29) is 30.3 Å². The van der Waals surface area contributed by atoms with Gasteiger partial charge < -0.3 is 20.3 Å². The van der Waals surface area contributed by atoms with Crippen LogP contribution in [0.25, 0.3) is 0 Å². The summed E-state index contributed by atoms with van der Waals surface area (Å²) in [5.74, 6) is -1.84. The third kappa shape index (κ3) is 4.81. The highest BCUT2D eigenvalue weighted by Crippen LogP contribution is 2.17. The van der Waals surface area contributed by atoms with Gasteiger partial charge in [-0.3, -0.25) is 4.79 Å². The van der Waals surface area contributed by atoms with E-state index in [1.54, 1.807) is 11.8 Å². The Morgan fingerprint density at radius 2 is 1.88 bits per heavy atom. The first kappa shape index (κ1) is 18.0. The second-order valence-corrected chi connectivity index (χ2v) is 5.48. The number of ether oxygens (including phenoxy) is 1. The molecule has 0 atom stereocenters. The minimum absolute atomic E-state index is 0.0737. The van der Waals surface area contributed by atoms with Gasteiger partial charge in [0.1, 0.15) is 17.3 Å². The second-order valence-electron chi connectivity index (χ2n) is 5.48. The van der Waals surface area contributed by atoms with Crippen LogP contribution < -0.4 is 10.6 Å². The zero-order valence-electron chi connectivity index (χ0n) is 13.5. The Labute approximate surface area is 139 Å². The summed E-state index contributed by atoms with van der Waals surface area (Å²) >= 11 is 0.